The van der Waals surface area contributed by atoms with Gasteiger partial charge in [-0.15, -0.1) is 0 Å². The lowest BCUT2D eigenvalue weighted by Crippen LogP contribution is -2.39. The molecule has 0 spiro atoms. The van der Waals surface area contributed by atoms with E-state index in [2.05, 4.69) is 10.6 Å². The zero-order chi connectivity index (χ0) is 23.3. The molecule has 0 saturated carbocycles. The molecule has 0 radical (unpaired) electrons. The lowest BCUT2D eigenvalue weighted by molar-refractivity contribution is -0.123. The Morgan fingerprint density at radius 2 is 1.53 bits per heavy atom. The lowest BCUT2D eigenvalue weighted by atomic mass is 10.0. The van der Waals surface area contributed by atoms with Crippen molar-refractivity contribution in [3.8, 4) is 0 Å². The summed E-state index contributed by atoms with van der Waals surface area (Å²) < 4.78 is 0. The second kappa shape index (κ2) is 10.4. The first-order valence-electron chi connectivity index (χ1n) is 10.4. The maximum atomic E-state index is 13.3. The van der Waals surface area contributed by atoms with Crippen molar-refractivity contribution in [3.05, 3.63) is 94.0 Å². The number of nitrogens with one attached hydrogen (secondary N) is 2. The first-order chi connectivity index (χ1) is 15.3. The van der Waals surface area contributed by atoms with E-state index in [0.29, 0.717) is 10.7 Å². The summed E-state index contributed by atoms with van der Waals surface area (Å²) in [4.78, 5) is 27.8. The number of para-hydroxylation sites is 1. The van der Waals surface area contributed by atoms with Gasteiger partial charge < -0.3 is 10.6 Å². The summed E-state index contributed by atoms with van der Waals surface area (Å²) in [6, 6.07) is 20.0. The molecule has 166 valence electrons. The minimum atomic E-state index is -0.653. The number of likely N-dealkylation sites (N-methyl/N-ethyl adjacent to an activating group) is 1. The van der Waals surface area contributed by atoms with Gasteiger partial charge in [0.2, 0.25) is 11.8 Å². The number of anilines is 2. The van der Waals surface area contributed by atoms with Crippen LogP contribution >= 0.6 is 11.6 Å². The van der Waals surface area contributed by atoms with Gasteiger partial charge in [-0.2, -0.15) is 0 Å². The van der Waals surface area contributed by atoms with Gasteiger partial charge in [-0.25, -0.2) is 0 Å². The molecule has 0 fully saturated rings. The average molecular weight is 450 g/mol. The smallest absolute Gasteiger partial charge is 0.246 e. The molecule has 3 aromatic rings. The average Bonchev–Trinajstić information content (AvgIpc) is 2.74. The van der Waals surface area contributed by atoms with Crippen LogP contribution in [-0.2, 0) is 9.59 Å². The first kappa shape index (κ1) is 23.5. The van der Waals surface area contributed by atoms with Crippen LogP contribution in [-0.4, -0.2) is 30.3 Å². The standard InChI is InChI=1S/C26H28ClN3O2/c1-17-13-14-21(15-22(17)27)28-26(32)25(20-11-6-5-7-12-20)30(4)16-23(31)29-24-18(2)9-8-10-19(24)3/h5-15,25H,16H2,1-4H3,(H,28,32)(H,29,31). The van der Waals surface area contributed by atoms with Crippen molar-refractivity contribution >= 4 is 34.8 Å². The van der Waals surface area contributed by atoms with Crippen molar-refractivity contribution in [2.75, 3.05) is 24.2 Å². The second-order valence-corrected chi connectivity index (χ2v) is 8.40. The third kappa shape index (κ3) is 5.75. The Hall–Kier alpha value is -3.15. The van der Waals surface area contributed by atoms with Crippen LogP contribution in [0.2, 0.25) is 5.02 Å². The molecular formula is C26H28ClN3O2. The van der Waals surface area contributed by atoms with Crippen molar-refractivity contribution in [1.82, 2.24) is 4.90 Å². The van der Waals surface area contributed by atoms with Gasteiger partial charge in [0, 0.05) is 16.4 Å². The van der Waals surface area contributed by atoms with Gasteiger partial charge in [0.25, 0.3) is 0 Å². The molecule has 3 aromatic carbocycles. The van der Waals surface area contributed by atoms with E-state index in [1.807, 2.05) is 81.4 Å². The van der Waals surface area contributed by atoms with Crippen LogP contribution in [0.25, 0.3) is 0 Å². The van der Waals surface area contributed by atoms with E-state index in [9.17, 15) is 9.59 Å². The third-order valence-electron chi connectivity index (χ3n) is 5.38. The fourth-order valence-electron chi connectivity index (χ4n) is 3.63. The number of hydrogen-bond acceptors (Lipinski definition) is 3. The van der Waals surface area contributed by atoms with Crippen molar-refractivity contribution < 1.29 is 9.59 Å². The Bertz CT molecular complexity index is 1100. The highest BCUT2D eigenvalue weighted by molar-refractivity contribution is 6.31. The normalized spacial score (nSPS) is 11.8. The van der Waals surface area contributed by atoms with E-state index in [-0.39, 0.29) is 18.4 Å². The SMILES string of the molecule is Cc1ccc(NC(=O)C(c2ccccc2)N(C)CC(=O)Nc2c(C)cccc2C)cc1Cl. The molecule has 0 heterocycles. The molecule has 5 nitrogen and oxygen atoms in total. The number of hydrogen-bond donors (Lipinski definition) is 2. The van der Waals surface area contributed by atoms with Crippen LogP contribution in [0.3, 0.4) is 0 Å². The summed E-state index contributed by atoms with van der Waals surface area (Å²) in [6.07, 6.45) is 0. The minimum Gasteiger partial charge on any atom is -0.324 e. The quantitative estimate of drug-likeness (QED) is 0.499. The maximum Gasteiger partial charge on any atom is 0.246 e. The van der Waals surface area contributed by atoms with E-state index < -0.39 is 6.04 Å². The molecule has 32 heavy (non-hydrogen) atoms. The number of carbonyl (C=O) groups is 2. The Labute approximate surface area is 194 Å². The van der Waals surface area contributed by atoms with Crippen LogP contribution in [0.1, 0.15) is 28.3 Å². The van der Waals surface area contributed by atoms with Gasteiger partial charge in [-0.05, 0) is 62.2 Å². The maximum absolute atomic E-state index is 13.3. The minimum absolute atomic E-state index is 0.0510. The van der Waals surface area contributed by atoms with E-state index in [4.69, 9.17) is 11.6 Å². The van der Waals surface area contributed by atoms with Crippen molar-refractivity contribution in [3.63, 3.8) is 0 Å². The summed E-state index contributed by atoms with van der Waals surface area (Å²) >= 11 is 6.21. The molecule has 0 aliphatic heterocycles. The number of benzene rings is 3. The highest BCUT2D eigenvalue weighted by Gasteiger charge is 2.27. The molecule has 0 saturated heterocycles. The molecule has 3 rings (SSSR count). The number of nitrogens with zero attached hydrogens (tertiary/aromatic N) is 1. The summed E-state index contributed by atoms with van der Waals surface area (Å²) in [5, 5.41) is 6.51. The van der Waals surface area contributed by atoms with Crippen LogP contribution < -0.4 is 10.6 Å². The molecule has 1 atom stereocenters. The Kier molecular flexibility index (Phi) is 7.67. The fourth-order valence-corrected chi connectivity index (χ4v) is 3.81. The number of halogens is 1. The molecule has 0 bridgehead atoms. The number of rotatable bonds is 7. The number of amides is 2. The Morgan fingerprint density at radius 3 is 2.16 bits per heavy atom. The molecular weight excluding hydrogens is 422 g/mol. The zero-order valence-electron chi connectivity index (χ0n) is 18.8. The van der Waals surface area contributed by atoms with Crippen LogP contribution in [0, 0.1) is 20.8 Å². The second-order valence-electron chi connectivity index (χ2n) is 8.00. The lowest BCUT2D eigenvalue weighted by Gasteiger charge is -2.27. The molecule has 0 aromatic heterocycles. The van der Waals surface area contributed by atoms with Gasteiger partial charge >= 0.3 is 0 Å². The molecule has 6 heteroatoms. The van der Waals surface area contributed by atoms with Crippen molar-refractivity contribution in [2.45, 2.75) is 26.8 Å². The van der Waals surface area contributed by atoms with Gasteiger partial charge in [0.05, 0.1) is 6.54 Å². The van der Waals surface area contributed by atoms with Gasteiger partial charge in [-0.1, -0.05) is 66.2 Å². The summed E-state index contributed by atoms with van der Waals surface area (Å²) in [5.74, 6) is -0.421. The van der Waals surface area contributed by atoms with Gasteiger partial charge in [0.15, 0.2) is 0 Å². The number of carbonyl (C=O) groups excluding carboxylic acids is 2. The Balaban J connectivity index is 1.79. The summed E-state index contributed by atoms with van der Waals surface area (Å²) in [6.45, 7) is 5.87. The van der Waals surface area contributed by atoms with E-state index in [1.54, 1.807) is 18.0 Å². The van der Waals surface area contributed by atoms with Crippen LogP contribution in [0.4, 0.5) is 11.4 Å². The molecule has 0 aliphatic rings. The van der Waals surface area contributed by atoms with E-state index in [0.717, 1.165) is 27.9 Å². The van der Waals surface area contributed by atoms with Crippen molar-refractivity contribution in [2.24, 2.45) is 0 Å². The predicted molar refractivity (Wildman–Crippen MR) is 131 cm³/mol. The van der Waals surface area contributed by atoms with E-state index in [1.165, 1.54) is 0 Å². The van der Waals surface area contributed by atoms with Gasteiger partial charge in [0.1, 0.15) is 6.04 Å². The summed E-state index contributed by atoms with van der Waals surface area (Å²) in [5.41, 5.74) is 5.14. The Morgan fingerprint density at radius 1 is 0.875 bits per heavy atom. The molecule has 0 aliphatic carbocycles. The van der Waals surface area contributed by atoms with E-state index >= 15 is 0 Å². The predicted octanol–water partition coefficient (Wildman–Crippen LogP) is 5.52. The highest BCUT2D eigenvalue weighted by atomic mass is 35.5. The third-order valence-corrected chi connectivity index (χ3v) is 5.79. The molecule has 2 N–H and O–H groups in total. The monoisotopic (exact) mass is 449 g/mol. The highest BCUT2D eigenvalue weighted by Crippen LogP contribution is 2.25. The topological polar surface area (TPSA) is 61.4 Å². The van der Waals surface area contributed by atoms with Crippen LogP contribution in [0.5, 0.6) is 0 Å². The van der Waals surface area contributed by atoms with Crippen LogP contribution in [0.15, 0.2) is 66.7 Å². The van der Waals surface area contributed by atoms with Gasteiger partial charge in [-0.3, -0.25) is 14.5 Å². The molecule has 1 unspecified atom stereocenters. The largest absolute Gasteiger partial charge is 0.324 e. The number of aryl methyl sites for hydroxylation is 3. The first-order valence-corrected chi connectivity index (χ1v) is 10.8. The van der Waals surface area contributed by atoms with Crippen molar-refractivity contribution in [1.29, 1.82) is 0 Å². The summed E-state index contributed by atoms with van der Waals surface area (Å²) in [7, 11) is 1.77. The fraction of sp³-hybridized carbons (Fsp3) is 0.231. The zero-order valence-corrected chi connectivity index (χ0v) is 19.5. The molecule has 2 amide bonds.